The Kier molecular flexibility index (Phi) is 4.55. The van der Waals surface area contributed by atoms with E-state index in [1.165, 1.54) is 11.1 Å². The number of halogens is 2. The molecule has 0 saturated heterocycles. The Morgan fingerprint density at radius 2 is 1.90 bits per heavy atom. The van der Waals surface area contributed by atoms with Crippen molar-refractivity contribution in [3.63, 3.8) is 0 Å². The van der Waals surface area contributed by atoms with Gasteiger partial charge in [0.05, 0.1) is 12.3 Å². The van der Waals surface area contributed by atoms with Crippen molar-refractivity contribution < 1.29 is 4.74 Å². The molecule has 4 heteroatoms. The molecule has 0 amide bonds. The average Bonchev–Trinajstić information content (AvgIpc) is 2.46. The molecule has 0 saturated carbocycles. The van der Waals surface area contributed by atoms with E-state index in [4.69, 9.17) is 4.74 Å². The quantitative estimate of drug-likeness (QED) is 0.721. The first-order chi connectivity index (χ1) is 10.1. The number of benzene rings is 2. The minimum atomic E-state index is 0.482. The first kappa shape index (κ1) is 14.9. The molecule has 0 spiro atoms. The molecule has 2 nitrogen and oxygen atoms in total. The molecule has 1 aliphatic heterocycles. The van der Waals surface area contributed by atoms with Gasteiger partial charge in [-0.25, -0.2) is 0 Å². The molecule has 1 atom stereocenters. The first-order valence-corrected chi connectivity index (χ1v) is 8.65. The lowest BCUT2D eigenvalue weighted by Gasteiger charge is -2.26. The van der Waals surface area contributed by atoms with Crippen molar-refractivity contribution in [2.24, 2.45) is 0 Å². The van der Waals surface area contributed by atoms with E-state index < -0.39 is 0 Å². The summed E-state index contributed by atoms with van der Waals surface area (Å²) in [5.74, 6) is 1.51. The number of nitrogens with one attached hydrogen (secondary N) is 1. The molecule has 21 heavy (non-hydrogen) atoms. The standard InChI is InChI=1S/C17H17Br2NO/c1-11-8-14(18)17(15(19)9-11)20-10-12-6-7-21-16-5-3-2-4-13(12)16/h2-5,8-9,12,20H,6-7,10H2,1H3. The first-order valence-electron chi connectivity index (χ1n) is 7.06. The number of fused-ring (bicyclic) bond motifs is 1. The van der Waals surface area contributed by atoms with Gasteiger partial charge in [-0.2, -0.15) is 0 Å². The zero-order valence-electron chi connectivity index (χ0n) is 11.8. The Bertz CT molecular complexity index is 634. The predicted octanol–water partition coefficient (Wildman–Crippen LogP) is 5.50. The van der Waals surface area contributed by atoms with Crippen molar-refractivity contribution in [2.45, 2.75) is 19.3 Å². The summed E-state index contributed by atoms with van der Waals surface area (Å²) in [5, 5.41) is 3.57. The highest BCUT2D eigenvalue weighted by Gasteiger charge is 2.21. The van der Waals surface area contributed by atoms with Gasteiger partial charge in [0.15, 0.2) is 0 Å². The lowest BCUT2D eigenvalue weighted by molar-refractivity contribution is 0.270. The highest BCUT2D eigenvalue weighted by Crippen LogP contribution is 2.36. The van der Waals surface area contributed by atoms with E-state index in [1.807, 2.05) is 6.07 Å². The van der Waals surface area contributed by atoms with Crippen LogP contribution in [0.3, 0.4) is 0 Å². The molecule has 0 aliphatic carbocycles. The van der Waals surface area contributed by atoms with Crippen molar-refractivity contribution in [1.82, 2.24) is 0 Å². The monoisotopic (exact) mass is 409 g/mol. The van der Waals surface area contributed by atoms with E-state index in [0.717, 1.165) is 40.0 Å². The van der Waals surface area contributed by atoms with E-state index in [1.54, 1.807) is 0 Å². The molecule has 1 N–H and O–H groups in total. The fourth-order valence-corrected chi connectivity index (χ4v) is 4.42. The maximum atomic E-state index is 5.72. The number of anilines is 1. The Balaban J connectivity index is 1.78. The highest BCUT2D eigenvalue weighted by atomic mass is 79.9. The molecule has 1 unspecified atom stereocenters. The fraction of sp³-hybridized carbons (Fsp3) is 0.294. The van der Waals surface area contributed by atoms with E-state index in [0.29, 0.717) is 5.92 Å². The van der Waals surface area contributed by atoms with Crippen molar-refractivity contribution in [3.05, 3.63) is 56.5 Å². The van der Waals surface area contributed by atoms with Gasteiger partial charge in [0.25, 0.3) is 0 Å². The van der Waals surface area contributed by atoms with Crippen molar-refractivity contribution in [3.8, 4) is 5.75 Å². The molecular weight excluding hydrogens is 394 g/mol. The number of ether oxygens (including phenoxy) is 1. The molecule has 110 valence electrons. The molecule has 0 aromatic heterocycles. The molecule has 1 heterocycles. The second kappa shape index (κ2) is 6.41. The molecule has 0 radical (unpaired) electrons. The normalized spacial score (nSPS) is 17.0. The SMILES string of the molecule is Cc1cc(Br)c(NCC2CCOc3ccccc32)c(Br)c1. The predicted molar refractivity (Wildman–Crippen MR) is 94.4 cm³/mol. The lowest BCUT2D eigenvalue weighted by atomic mass is 9.93. The third kappa shape index (κ3) is 3.27. The van der Waals surface area contributed by atoms with Crippen LogP contribution in [-0.2, 0) is 0 Å². The summed E-state index contributed by atoms with van der Waals surface area (Å²) in [6.07, 6.45) is 1.05. The summed E-state index contributed by atoms with van der Waals surface area (Å²) in [5.41, 5.74) is 3.65. The van der Waals surface area contributed by atoms with Crippen LogP contribution in [0.1, 0.15) is 23.5 Å². The number of para-hydroxylation sites is 1. The van der Waals surface area contributed by atoms with Crippen LogP contribution >= 0.6 is 31.9 Å². The van der Waals surface area contributed by atoms with Gasteiger partial charge >= 0.3 is 0 Å². The van der Waals surface area contributed by atoms with E-state index in [-0.39, 0.29) is 0 Å². The van der Waals surface area contributed by atoms with Crippen LogP contribution in [0.15, 0.2) is 45.3 Å². The van der Waals surface area contributed by atoms with Crippen LogP contribution in [-0.4, -0.2) is 13.2 Å². The van der Waals surface area contributed by atoms with Crippen LogP contribution in [0.2, 0.25) is 0 Å². The summed E-state index contributed by atoms with van der Waals surface area (Å²) < 4.78 is 7.91. The van der Waals surface area contributed by atoms with E-state index >= 15 is 0 Å². The smallest absolute Gasteiger partial charge is 0.122 e. The Morgan fingerprint density at radius 3 is 2.67 bits per heavy atom. The van der Waals surface area contributed by atoms with Gasteiger partial charge in [-0.3, -0.25) is 0 Å². The molecule has 3 rings (SSSR count). The Hall–Kier alpha value is -1.00. The summed E-state index contributed by atoms with van der Waals surface area (Å²) in [4.78, 5) is 0. The number of hydrogen-bond donors (Lipinski definition) is 1. The maximum absolute atomic E-state index is 5.72. The second-order valence-corrected chi connectivity index (χ2v) is 7.07. The molecule has 2 aromatic rings. The van der Waals surface area contributed by atoms with Crippen LogP contribution in [0.25, 0.3) is 0 Å². The lowest BCUT2D eigenvalue weighted by Crippen LogP contribution is -2.21. The summed E-state index contributed by atoms with van der Waals surface area (Å²) in [7, 11) is 0. The van der Waals surface area contributed by atoms with Crippen molar-refractivity contribution in [1.29, 1.82) is 0 Å². The molecule has 0 bridgehead atoms. The molecule has 1 aliphatic rings. The van der Waals surface area contributed by atoms with Crippen LogP contribution in [0, 0.1) is 6.92 Å². The van der Waals surface area contributed by atoms with Gasteiger partial charge in [0, 0.05) is 21.4 Å². The average molecular weight is 411 g/mol. The van der Waals surface area contributed by atoms with Crippen LogP contribution < -0.4 is 10.1 Å². The zero-order valence-corrected chi connectivity index (χ0v) is 15.0. The molecule has 0 fully saturated rings. The third-order valence-corrected chi connectivity index (χ3v) is 5.05. The van der Waals surface area contributed by atoms with E-state index in [2.05, 4.69) is 74.4 Å². The third-order valence-electron chi connectivity index (χ3n) is 3.79. The minimum Gasteiger partial charge on any atom is -0.493 e. The van der Waals surface area contributed by atoms with Crippen LogP contribution in [0.5, 0.6) is 5.75 Å². The summed E-state index contributed by atoms with van der Waals surface area (Å²) in [6, 6.07) is 12.6. The number of rotatable bonds is 3. The Morgan fingerprint density at radius 1 is 1.19 bits per heavy atom. The maximum Gasteiger partial charge on any atom is 0.122 e. The topological polar surface area (TPSA) is 21.3 Å². The van der Waals surface area contributed by atoms with Crippen molar-refractivity contribution in [2.75, 3.05) is 18.5 Å². The van der Waals surface area contributed by atoms with Gasteiger partial charge in [0.2, 0.25) is 0 Å². The van der Waals surface area contributed by atoms with Crippen LogP contribution in [0.4, 0.5) is 5.69 Å². The fourth-order valence-electron chi connectivity index (χ4n) is 2.72. The zero-order chi connectivity index (χ0) is 14.8. The van der Waals surface area contributed by atoms with Gasteiger partial charge < -0.3 is 10.1 Å². The van der Waals surface area contributed by atoms with E-state index in [9.17, 15) is 0 Å². The minimum absolute atomic E-state index is 0.482. The van der Waals surface area contributed by atoms with Crippen molar-refractivity contribution >= 4 is 37.5 Å². The van der Waals surface area contributed by atoms with Gasteiger partial charge in [-0.05, 0) is 74.5 Å². The molecule has 2 aromatic carbocycles. The largest absolute Gasteiger partial charge is 0.493 e. The number of aryl methyl sites for hydroxylation is 1. The Labute approximate surface area is 142 Å². The number of hydrogen-bond acceptors (Lipinski definition) is 2. The highest BCUT2D eigenvalue weighted by molar-refractivity contribution is 9.11. The van der Waals surface area contributed by atoms with Gasteiger partial charge in [0.1, 0.15) is 5.75 Å². The summed E-state index contributed by atoms with van der Waals surface area (Å²) in [6.45, 7) is 3.79. The van der Waals surface area contributed by atoms with Gasteiger partial charge in [-0.15, -0.1) is 0 Å². The van der Waals surface area contributed by atoms with Gasteiger partial charge in [-0.1, -0.05) is 18.2 Å². The molecular formula is C17H17Br2NO. The second-order valence-electron chi connectivity index (χ2n) is 5.36. The summed E-state index contributed by atoms with van der Waals surface area (Å²) >= 11 is 7.27.